The van der Waals surface area contributed by atoms with E-state index in [1.54, 1.807) is 61.5 Å². The Morgan fingerprint density at radius 2 is 1.73 bits per heavy atom. The zero-order chi connectivity index (χ0) is 23.8. The maximum Gasteiger partial charge on any atom is 0.344 e. The van der Waals surface area contributed by atoms with Crippen molar-refractivity contribution in [2.45, 2.75) is 20.8 Å². The van der Waals surface area contributed by atoms with Crippen LogP contribution in [0.3, 0.4) is 0 Å². The Labute approximate surface area is 196 Å². The molecule has 0 aliphatic carbocycles. The van der Waals surface area contributed by atoms with Crippen molar-refractivity contribution in [2.75, 3.05) is 19.8 Å². The zero-order valence-corrected chi connectivity index (χ0v) is 19.5. The number of thioether (sulfide) groups is 1. The summed E-state index contributed by atoms with van der Waals surface area (Å²) in [4.78, 5) is 29.6. The molecule has 1 aliphatic heterocycles. The van der Waals surface area contributed by atoms with Crippen LogP contribution >= 0.6 is 11.8 Å². The number of carbonyl (C=O) groups is 2. The molecule has 7 nitrogen and oxygen atoms in total. The van der Waals surface area contributed by atoms with Crippen molar-refractivity contribution >= 4 is 34.8 Å². The van der Waals surface area contributed by atoms with Gasteiger partial charge < -0.3 is 19.3 Å². The Hall–Kier alpha value is -3.52. The molecular weight excluding hydrogens is 442 g/mol. The number of aliphatic imine (C=N–C) groups is 1. The molecule has 172 valence electrons. The van der Waals surface area contributed by atoms with E-state index in [0.29, 0.717) is 40.7 Å². The van der Waals surface area contributed by atoms with E-state index < -0.39 is 11.9 Å². The average Bonchev–Trinajstić information content (AvgIpc) is 3.11. The van der Waals surface area contributed by atoms with Crippen LogP contribution in [0.1, 0.15) is 36.7 Å². The van der Waals surface area contributed by atoms with Crippen LogP contribution in [0.2, 0.25) is 0 Å². The first kappa shape index (κ1) is 24.1. The number of ether oxygens (including phenoxy) is 3. The number of nitrogens with zero attached hydrogens (tertiary/aromatic N) is 1. The molecule has 0 bridgehead atoms. The Bertz CT molecular complexity index is 1120. The van der Waals surface area contributed by atoms with Gasteiger partial charge in [0.15, 0.2) is 0 Å². The minimum atomic E-state index is -0.748. The monoisotopic (exact) mass is 467 g/mol. The summed E-state index contributed by atoms with van der Waals surface area (Å²) >= 11 is 1.02. The fraction of sp³-hybridized carbons (Fsp3) is 0.240. The molecule has 2 aromatic carbocycles. The van der Waals surface area contributed by atoms with Gasteiger partial charge in [-0.25, -0.2) is 9.79 Å². The van der Waals surface area contributed by atoms with Crippen molar-refractivity contribution < 1.29 is 28.9 Å². The van der Waals surface area contributed by atoms with E-state index in [-0.39, 0.29) is 23.0 Å². The number of esters is 1. The van der Waals surface area contributed by atoms with E-state index in [1.165, 1.54) is 0 Å². The first-order valence-electron chi connectivity index (χ1n) is 10.6. The van der Waals surface area contributed by atoms with Gasteiger partial charge in [-0.3, -0.25) is 4.79 Å². The lowest BCUT2D eigenvalue weighted by Crippen LogP contribution is -2.14. The Kier molecular flexibility index (Phi) is 8.32. The molecule has 0 atom stereocenters. The van der Waals surface area contributed by atoms with Crippen LogP contribution in [0.5, 0.6) is 11.5 Å². The predicted molar refractivity (Wildman–Crippen MR) is 129 cm³/mol. The minimum Gasteiger partial charge on any atom is -0.506 e. The lowest BCUT2D eigenvalue weighted by Gasteiger charge is -2.11. The SMILES string of the molecule is CCOC(=O)C1=C(O)/C(=C/c2ccc(OCC)cc2OCC)SC1=NC(=O)c1ccccc1. The third kappa shape index (κ3) is 5.84. The zero-order valence-electron chi connectivity index (χ0n) is 18.7. The summed E-state index contributed by atoms with van der Waals surface area (Å²) in [6, 6.07) is 13.8. The van der Waals surface area contributed by atoms with Crippen LogP contribution in [0.4, 0.5) is 0 Å². The molecule has 0 spiro atoms. The van der Waals surface area contributed by atoms with Crippen LogP contribution in [0, 0.1) is 0 Å². The van der Waals surface area contributed by atoms with Crippen LogP contribution in [-0.4, -0.2) is 41.8 Å². The highest BCUT2D eigenvalue weighted by molar-refractivity contribution is 8.18. The lowest BCUT2D eigenvalue weighted by molar-refractivity contribution is -0.138. The van der Waals surface area contributed by atoms with Gasteiger partial charge in [-0.05, 0) is 51.1 Å². The number of hydrogen-bond donors (Lipinski definition) is 1. The topological polar surface area (TPSA) is 94.4 Å². The van der Waals surface area contributed by atoms with Crippen LogP contribution < -0.4 is 9.47 Å². The fourth-order valence-electron chi connectivity index (χ4n) is 3.04. The van der Waals surface area contributed by atoms with Gasteiger partial charge in [0, 0.05) is 17.2 Å². The van der Waals surface area contributed by atoms with Crippen LogP contribution in [0.15, 0.2) is 69.8 Å². The first-order valence-corrected chi connectivity index (χ1v) is 11.4. The number of aliphatic hydroxyl groups excluding tert-OH is 1. The van der Waals surface area contributed by atoms with Crippen LogP contribution in [-0.2, 0) is 9.53 Å². The molecule has 8 heteroatoms. The summed E-state index contributed by atoms with van der Waals surface area (Å²) in [7, 11) is 0. The second kappa shape index (κ2) is 11.4. The molecule has 0 fully saturated rings. The number of hydrogen-bond acceptors (Lipinski definition) is 7. The van der Waals surface area contributed by atoms with Crippen molar-refractivity contribution in [1.82, 2.24) is 0 Å². The van der Waals surface area contributed by atoms with E-state index >= 15 is 0 Å². The largest absolute Gasteiger partial charge is 0.506 e. The van der Waals surface area contributed by atoms with Crippen molar-refractivity contribution in [3.05, 3.63) is 75.9 Å². The fourth-order valence-corrected chi connectivity index (χ4v) is 4.04. The normalized spacial score (nSPS) is 15.7. The molecule has 0 radical (unpaired) electrons. The maximum atomic E-state index is 12.6. The molecule has 2 aromatic rings. The van der Waals surface area contributed by atoms with E-state index in [9.17, 15) is 14.7 Å². The molecule has 0 saturated carbocycles. The summed E-state index contributed by atoms with van der Waals surface area (Å²) in [5.74, 6) is -0.348. The number of aliphatic hydroxyl groups is 1. The van der Waals surface area contributed by atoms with Crippen molar-refractivity contribution in [3.8, 4) is 11.5 Å². The van der Waals surface area contributed by atoms with Gasteiger partial charge in [-0.2, -0.15) is 0 Å². The van der Waals surface area contributed by atoms with E-state index in [1.807, 2.05) is 13.8 Å². The smallest absolute Gasteiger partial charge is 0.344 e. The Morgan fingerprint density at radius 3 is 2.39 bits per heavy atom. The van der Waals surface area contributed by atoms with Gasteiger partial charge in [-0.1, -0.05) is 30.0 Å². The summed E-state index contributed by atoms with van der Waals surface area (Å²) < 4.78 is 16.3. The van der Waals surface area contributed by atoms with Gasteiger partial charge in [-0.15, -0.1) is 0 Å². The Morgan fingerprint density at radius 1 is 1.00 bits per heavy atom. The first-order chi connectivity index (χ1) is 16.0. The van der Waals surface area contributed by atoms with Crippen LogP contribution in [0.25, 0.3) is 6.08 Å². The van der Waals surface area contributed by atoms with Crippen molar-refractivity contribution in [3.63, 3.8) is 0 Å². The standard InChI is InChI=1S/C25H25NO6S/c1-4-30-18-13-12-17(19(15-18)31-5-2)14-20-22(27)21(25(29)32-6-3)24(33-20)26-23(28)16-10-8-7-9-11-16/h7-15,27H,4-6H2,1-3H3/b20-14-,26-24?. The van der Waals surface area contributed by atoms with Gasteiger partial charge in [0.2, 0.25) is 0 Å². The number of carbonyl (C=O) groups excluding carboxylic acids is 2. The molecule has 1 amide bonds. The number of amides is 1. The minimum absolute atomic E-state index is 0.0787. The summed E-state index contributed by atoms with van der Waals surface area (Å²) in [6.07, 6.45) is 1.68. The van der Waals surface area contributed by atoms with Gasteiger partial charge in [0.1, 0.15) is 27.9 Å². The number of benzene rings is 2. The third-order valence-corrected chi connectivity index (χ3v) is 5.50. The van der Waals surface area contributed by atoms with Gasteiger partial charge in [0.25, 0.3) is 5.91 Å². The molecule has 1 aliphatic rings. The lowest BCUT2D eigenvalue weighted by atomic mass is 10.1. The van der Waals surface area contributed by atoms with E-state index in [4.69, 9.17) is 14.2 Å². The summed E-state index contributed by atoms with van der Waals surface area (Å²) in [6.45, 7) is 6.49. The molecule has 33 heavy (non-hydrogen) atoms. The quantitative estimate of drug-likeness (QED) is 0.534. The highest BCUT2D eigenvalue weighted by Crippen LogP contribution is 2.40. The maximum absolute atomic E-state index is 12.6. The summed E-state index contributed by atoms with van der Waals surface area (Å²) in [5.41, 5.74) is 0.908. The van der Waals surface area contributed by atoms with Gasteiger partial charge >= 0.3 is 5.97 Å². The third-order valence-electron chi connectivity index (χ3n) is 4.48. The number of rotatable bonds is 8. The van der Waals surface area contributed by atoms with E-state index in [2.05, 4.69) is 4.99 Å². The molecule has 3 rings (SSSR count). The molecule has 1 heterocycles. The van der Waals surface area contributed by atoms with Crippen molar-refractivity contribution in [2.24, 2.45) is 4.99 Å². The average molecular weight is 468 g/mol. The van der Waals surface area contributed by atoms with Gasteiger partial charge in [0.05, 0.1) is 24.7 Å². The molecule has 1 N–H and O–H groups in total. The predicted octanol–water partition coefficient (Wildman–Crippen LogP) is 5.19. The molecule has 0 saturated heterocycles. The second-order valence-corrected chi connectivity index (χ2v) is 7.74. The molecular formula is C25H25NO6S. The second-order valence-electron chi connectivity index (χ2n) is 6.71. The highest BCUT2D eigenvalue weighted by Gasteiger charge is 2.34. The molecule has 0 aromatic heterocycles. The molecule has 0 unspecified atom stereocenters. The van der Waals surface area contributed by atoms with E-state index in [0.717, 1.165) is 11.8 Å². The summed E-state index contributed by atoms with van der Waals surface area (Å²) in [5, 5.41) is 10.9. The van der Waals surface area contributed by atoms with Crippen molar-refractivity contribution in [1.29, 1.82) is 0 Å². The highest BCUT2D eigenvalue weighted by atomic mass is 32.2. The Balaban J connectivity index is 2.03.